The molecule has 0 aliphatic carbocycles. The summed E-state index contributed by atoms with van der Waals surface area (Å²) in [7, 11) is -3.58. The smallest absolute Gasteiger partial charge is 0.274 e. The summed E-state index contributed by atoms with van der Waals surface area (Å²) in [6.45, 7) is 3.76. The van der Waals surface area contributed by atoms with Gasteiger partial charge in [-0.15, -0.1) is 11.3 Å². The molecule has 0 atom stereocenters. The van der Waals surface area contributed by atoms with Crippen LogP contribution in [0.5, 0.6) is 0 Å². The molecule has 0 aliphatic heterocycles. The predicted octanol–water partition coefficient (Wildman–Crippen LogP) is 2.32. The summed E-state index contributed by atoms with van der Waals surface area (Å²) in [4.78, 5) is 0.963. The van der Waals surface area contributed by atoms with Crippen LogP contribution < -0.4 is 10.0 Å². The van der Waals surface area contributed by atoms with Gasteiger partial charge in [0.25, 0.3) is 10.0 Å². The largest absolute Gasteiger partial charge is 0.447 e. The van der Waals surface area contributed by atoms with Gasteiger partial charge in [-0.1, -0.05) is 13.0 Å². The molecule has 0 bridgehead atoms. The normalized spacial score (nSPS) is 11.8. The summed E-state index contributed by atoms with van der Waals surface area (Å²) in [5, 5.41) is 5.03. The molecule has 2 N–H and O–H groups in total. The Hall–Kier alpha value is -1.15. The summed E-state index contributed by atoms with van der Waals surface area (Å²) < 4.78 is 32.0. The van der Waals surface area contributed by atoms with Crippen molar-refractivity contribution < 1.29 is 12.8 Å². The Morgan fingerprint density at radius 2 is 2.10 bits per heavy atom. The average molecular weight is 314 g/mol. The fraction of sp³-hybridized carbons (Fsp3) is 0.385. The van der Waals surface area contributed by atoms with E-state index in [1.165, 1.54) is 17.4 Å². The van der Waals surface area contributed by atoms with E-state index in [9.17, 15) is 8.42 Å². The van der Waals surface area contributed by atoms with Crippen molar-refractivity contribution in [2.24, 2.45) is 0 Å². The summed E-state index contributed by atoms with van der Waals surface area (Å²) in [5.41, 5.74) is 0. The minimum absolute atomic E-state index is 0.0395. The van der Waals surface area contributed by atoms with Crippen LogP contribution in [0, 0.1) is 0 Å². The van der Waals surface area contributed by atoms with Crippen molar-refractivity contribution in [1.82, 2.24) is 10.0 Å². The second-order valence-corrected chi connectivity index (χ2v) is 7.03. The molecule has 0 spiro atoms. The Balaban J connectivity index is 1.95. The highest BCUT2D eigenvalue weighted by molar-refractivity contribution is 7.89. The maximum absolute atomic E-state index is 12.1. The average Bonchev–Trinajstić information content (AvgIpc) is 3.08. The molecule has 2 rings (SSSR count). The van der Waals surface area contributed by atoms with E-state index in [2.05, 4.69) is 17.0 Å². The summed E-state index contributed by atoms with van der Waals surface area (Å²) in [5.74, 6) is 0.620. The first-order valence-corrected chi connectivity index (χ1v) is 8.79. The van der Waals surface area contributed by atoms with Crippen molar-refractivity contribution in [1.29, 1.82) is 0 Å². The zero-order chi connectivity index (χ0) is 14.4. The number of nitrogens with one attached hydrogen (secondary N) is 2. The lowest BCUT2D eigenvalue weighted by Gasteiger charge is -2.03. The molecule has 2 aromatic heterocycles. The minimum Gasteiger partial charge on any atom is -0.447 e. The lowest BCUT2D eigenvalue weighted by Crippen LogP contribution is -2.22. The number of furan rings is 1. The van der Waals surface area contributed by atoms with Crippen LogP contribution >= 0.6 is 11.3 Å². The molecule has 0 fully saturated rings. The molecule has 5 nitrogen and oxygen atoms in total. The Morgan fingerprint density at radius 1 is 1.25 bits per heavy atom. The zero-order valence-corrected chi connectivity index (χ0v) is 12.9. The topological polar surface area (TPSA) is 71.3 Å². The van der Waals surface area contributed by atoms with Gasteiger partial charge in [0, 0.05) is 11.4 Å². The van der Waals surface area contributed by atoms with Gasteiger partial charge >= 0.3 is 0 Å². The van der Waals surface area contributed by atoms with Crippen LogP contribution in [0.15, 0.2) is 39.2 Å². The summed E-state index contributed by atoms with van der Waals surface area (Å²) >= 11 is 1.51. The molecule has 20 heavy (non-hydrogen) atoms. The number of rotatable bonds is 8. The van der Waals surface area contributed by atoms with Gasteiger partial charge in [-0.2, -0.15) is 0 Å². The van der Waals surface area contributed by atoms with Gasteiger partial charge in [0.15, 0.2) is 0 Å². The van der Waals surface area contributed by atoms with Gasteiger partial charge in [-0.25, -0.2) is 13.1 Å². The first-order valence-electron chi connectivity index (χ1n) is 6.43. The van der Waals surface area contributed by atoms with Crippen LogP contribution in [0.4, 0.5) is 0 Å². The van der Waals surface area contributed by atoms with Crippen LogP contribution in [-0.2, 0) is 23.1 Å². The van der Waals surface area contributed by atoms with E-state index in [-0.39, 0.29) is 11.6 Å². The van der Waals surface area contributed by atoms with Crippen LogP contribution in [0.2, 0.25) is 0 Å². The molecule has 2 heterocycles. The molecule has 0 saturated carbocycles. The van der Waals surface area contributed by atoms with Gasteiger partial charge in [-0.05, 0) is 36.5 Å². The van der Waals surface area contributed by atoms with Gasteiger partial charge < -0.3 is 9.73 Å². The lowest BCUT2D eigenvalue weighted by atomic mass is 10.4. The standard InChI is InChI=1S/C13H18N2O3S2/c1-2-7-14-9-11-5-6-13(18-11)20(16,17)15-10-12-4-3-8-19-12/h3-6,8,14-15H,2,7,9-10H2,1H3. The molecule has 0 aliphatic rings. The Morgan fingerprint density at radius 3 is 2.80 bits per heavy atom. The van der Waals surface area contributed by atoms with Crippen molar-refractivity contribution >= 4 is 21.4 Å². The van der Waals surface area contributed by atoms with Gasteiger partial charge in [0.05, 0.1) is 6.54 Å². The number of thiophene rings is 1. The predicted molar refractivity (Wildman–Crippen MR) is 79.1 cm³/mol. The van der Waals surface area contributed by atoms with Crippen molar-refractivity contribution in [2.45, 2.75) is 31.5 Å². The molecule has 0 aromatic carbocycles. The SMILES string of the molecule is CCCNCc1ccc(S(=O)(=O)NCc2cccs2)o1. The maximum Gasteiger partial charge on any atom is 0.274 e. The first kappa shape index (κ1) is 15.2. The molecule has 2 aromatic rings. The van der Waals surface area contributed by atoms with Crippen LogP contribution in [0.3, 0.4) is 0 Å². The van der Waals surface area contributed by atoms with E-state index in [0.29, 0.717) is 12.3 Å². The van der Waals surface area contributed by atoms with E-state index in [4.69, 9.17) is 4.42 Å². The third-order valence-corrected chi connectivity index (χ3v) is 4.79. The van der Waals surface area contributed by atoms with Crippen LogP contribution in [0.25, 0.3) is 0 Å². The van der Waals surface area contributed by atoms with E-state index in [0.717, 1.165) is 17.8 Å². The highest BCUT2D eigenvalue weighted by atomic mass is 32.2. The Labute approximate surface area is 123 Å². The quantitative estimate of drug-likeness (QED) is 0.734. The van der Waals surface area contributed by atoms with Crippen molar-refractivity contribution in [3.63, 3.8) is 0 Å². The Kier molecular flexibility index (Phi) is 5.36. The van der Waals surface area contributed by atoms with Crippen molar-refractivity contribution in [2.75, 3.05) is 6.54 Å². The molecular formula is C13H18N2O3S2. The van der Waals surface area contributed by atoms with Crippen LogP contribution in [-0.4, -0.2) is 15.0 Å². The van der Waals surface area contributed by atoms with Gasteiger partial charge in [0.1, 0.15) is 5.76 Å². The van der Waals surface area contributed by atoms with E-state index in [1.807, 2.05) is 17.5 Å². The molecule has 0 radical (unpaired) electrons. The third-order valence-electron chi connectivity index (χ3n) is 2.64. The third kappa shape index (κ3) is 4.17. The van der Waals surface area contributed by atoms with Gasteiger partial charge in [-0.3, -0.25) is 0 Å². The minimum atomic E-state index is -3.58. The van der Waals surface area contributed by atoms with Gasteiger partial charge in [0.2, 0.25) is 5.09 Å². The monoisotopic (exact) mass is 314 g/mol. The molecule has 0 saturated heterocycles. The lowest BCUT2D eigenvalue weighted by molar-refractivity contribution is 0.400. The summed E-state index contributed by atoms with van der Waals surface area (Å²) in [6, 6.07) is 6.94. The fourth-order valence-corrected chi connectivity index (χ4v) is 3.32. The van der Waals surface area contributed by atoms with E-state index >= 15 is 0 Å². The van der Waals surface area contributed by atoms with Crippen molar-refractivity contribution in [3.8, 4) is 0 Å². The number of hydrogen-bond acceptors (Lipinski definition) is 5. The second kappa shape index (κ2) is 7.03. The molecular weight excluding hydrogens is 296 g/mol. The second-order valence-electron chi connectivity index (χ2n) is 4.30. The van der Waals surface area contributed by atoms with E-state index < -0.39 is 10.0 Å². The first-order chi connectivity index (χ1) is 9.62. The van der Waals surface area contributed by atoms with Crippen LogP contribution in [0.1, 0.15) is 24.0 Å². The fourth-order valence-electron chi connectivity index (χ4n) is 1.64. The zero-order valence-electron chi connectivity index (χ0n) is 11.3. The highest BCUT2D eigenvalue weighted by Crippen LogP contribution is 2.15. The summed E-state index contributed by atoms with van der Waals surface area (Å²) in [6.07, 6.45) is 1.02. The molecule has 0 unspecified atom stereocenters. The van der Waals surface area contributed by atoms with E-state index in [1.54, 1.807) is 6.07 Å². The number of hydrogen-bond donors (Lipinski definition) is 2. The maximum atomic E-state index is 12.1. The highest BCUT2D eigenvalue weighted by Gasteiger charge is 2.18. The Bertz CT molecular complexity index is 618. The molecule has 0 amide bonds. The van der Waals surface area contributed by atoms with Crippen molar-refractivity contribution in [3.05, 3.63) is 40.3 Å². The molecule has 110 valence electrons. The number of sulfonamides is 1. The molecule has 7 heteroatoms.